The topological polar surface area (TPSA) is 101 Å². The molecule has 0 atom stereocenters. The van der Waals surface area contributed by atoms with Gasteiger partial charge in [0, 0.05) is 24.9 Å². The number of H-pyrrole nitrogens is 1. The number of aryl methyl sites for hydroxylation is 1. The molecule has 0 aliphatic heterocycles. The molecule has 0 unspecified atom stereocenters. The largest absolute Gasteiger partial charge is 0.465 e. The van der Waals surface area contributed by atoms with Crippen LogP contribution in [-0.4, -0.2) is 38.0 Å². The van der Waals surface area contributed by atoms with Crippen LogP contribution in [0.15, 0.2) is 22.8 Å². The third-order valence-corrected chi connectivity index (χ3v) is 5.65. The first-order valence-corrected chi connectivity index (χ1v) is 8.45. The number of imidazole rings is 1. The summed E-state index contributed by atoms with van der Waals surface area (Å²) in [6.45, 7) is 1.85. The molecule has 2 aromatic rings. The van der Waals surface area contributed by atoms with Gasteiger partial charge in [-0.25, -0.2) is 22.9 Å². The molecule has 0 radical (unpaired) electrons. The Labute approximate surface area is 126 Å². The minimum absolute atomic E-state index is 0.0102. The molecule has 2 N–H and O–H groups in total. The summed E-state index contributed by atoms with van der Waals surface area (Å²) in [5.41, 5.74) is 1.35. The van der Waals surface area contributed by atoms with Crippen LogP contribution in [0.25, 0.3) is 0 Å². The Morgan fingerprint density at radius 3 is 2.90 bits per heavy atom. The number of sulfonamides is 1. The molecule has 7 nitrogen and oxygen atoms in total. The van der Waals surface area contributed by atoms with Crippen molar-refractivity contribution in [1.82, 2.24) is 14.7 Å². The van der Waals surface area contributed by atoms with Crippen molar-refractivity contribution in [2.75, 3.05) is 13.7 Å². The average Bonchev–Trinajstić information content (AvgIpc) is 3.07. The van der Waals surface area contributed by atoms with E-state index in [4.69, 9.17) is 0 Å². The monoisotopic (exact) mass is 329 g/mol. The quantitative estimate of drug-likeness (QED) is 0.773. The van der Waals surface area contributed by atoms with E-state index >= 15 is 0 Å². The van der Waals surface area contributed by atoms with Crippen LogP contribution >= 0.6 is 11.3 Å². The van der Waals surface area contributed by atoms with Gasteiger partial charge in [0.2, 0.25) is 10.0 Å². The summed E-state index contributed by atoms with van der Waals surface area (Å²) in [6.07, 6.45) is 3.64. The van der Waals surface area contributed by atoms with Crippen molar-refractivity contribution < 1.29 is 17.9 Å². The molecule has 9 heteroatoms. The van der Waals surface area contributed by atoms with E-state index in [0.29, 0.717) is 12.0 Å². The molecular formula is C12H15N3O4S2. The highest BCUT2D eigenvalue weighted by Crippen LogP contribution is 2.27. The fraction of sp³-hybridized carbons (Fsp3) is 0.333. The van der Waals surface area contributed by atoms with Crippen LogP contribution in [0.4, 0.5) is 0 Å². The minimum Gasteiger partial charge on any atom is -0.465 e. The molecule has 0 aliphatic carbocycles. The number of nitrogens with zero attached hydrogens (tertiary/aromatic N) is 1. The summed E-state index contributed by atoms with van der Waals surface area (Å²) >= 11 is 1.06. The fourth-order valence-electron chi connectivity index (χ4n) is 1.81. The summed E-state index contributed by atoms with van der Waals surface area (Å²) in [7, 11) is -2.54. The highest BCUT2D eigenvalue weighted by molar-refractivity contribution is 7.89. The van der Waals surface area contributed by atoms with E-state index in [9.17, 15) is 13.2 Å². The van der Waals surface area contributed by atoms with Crippen molar-refractivity contribution in [2.45, 2.75) is 18.2 Å². The molecule has 2 aromatic heterocycles. The maximum Gasteiger partial charge on any atom is 0.349 e. The molecular weight excluding hydrogens is 314 g/mol. The smallest absolute Gasteiger partial charge is 0.349 e. The van der Waals surface area contributed by atoms with Gasteiger partial charge in [-0.3, -0.25) is 0 Å². The first kappa shape index (κ1) is 15.7. The summed E-state index contributed by atoms with van der Waals surface area (Å²) in [4.78, 5) is 18.5. The van der Waals surface area contributed by atoms with Gasteiger partial charge in [0.15, 0.2) is 0 Å². The van der Waals surface area contributed by atoms with Crippen molar-refractivity contribution in [2.24, 2.45) is 0 Å². The highest BCUT2D eigenvalue weighted by atomic mass is 32.2. The van der Waals surface area contributed by atoms with Crippen LogP contribution in [-0.2, 0) is 21.2 Å². The van der Waals surface area contributed by atoms with Crippen molar-refractivity contribution in [3.05, 3.63) is 34.0 Å². The molecule has 114 valence electrons. The first-order valence-electron chi connectivity index (χ1n) is 6.09. The van der Waals surface area contributed by atoms with Gasteiger partial charge in [0.05, 0.1) is 13.4 Å². The number of carbonyl (C=O) groups excluding carboxylic acids is 1. The molecule has 0 aromatic carbocycles. The van der Waals surface area contributed by atoms with Crippen LogP contribution in [0.3, 0.4) is 0 Å². The number of esters is 1. The average molecular weight is 329 g/mol. The van der Waals surface area contributed by atoms with Crippen molar-refractivity contribution in [3.63, 3.8) is 0 Å². The number of methoxy groups -OCH3 is 1. The molecule has 0 bridgehead atoms. The lowest BCUT2D eigenvalue weighted by molar-refractivity contribution is 0.0602. The lowest BCUT2D eigenvalue weighted by Crippen LogP contribution is -2.27. The standard InChI is InChI=1S/C12H15N3O4S2/c1-8-6-20-10(12(16)19-2)11(8)21(17,18)15-4-3-9-5-13-7-14-9/h5-7,15H,3-4H2,1-2H3,(H,13,14). The molecule has 2 heterocycles. The van der Waals surface area contributed by atoms with Gasteiger partial charge in [-0.15, -0.1) is 11.3 Å². The van der Waals surface area contributed by atoms with Gasteiger partial charge in [0.1, 0.15) is 9.77 Å². The normalized spacial score (nSPS) is 11.5. The first-order chi connectivity index (χ1) is 9.95. The Kier molecular flexibility index (Phi) is 4.76. The Bertz CT molecular complexity index is 720. The zero-order valence-corrected chi connectivity index (χ0v) is 13.2. The number of carbonyl (C=O) groups is 1. The third-order valence-electron chi connectivity index (χ3n) is 2.80. The predicted octanol–water partition coefficient (Wildman–Crippen LogP) is 1.09. The van der Waals surface area contributed by atoms with Crippen molar-refractivity contribution in [1.29, 1.82) is 0 Å². The minimum atomic E-state index is -3.76. The molecule has 0 fully saturated rings. The molecule has 21 heavy (non-hydrogen) atoms. The lowest BCUT2D eigenvalue weighted by atomic mass is 10.3. The second-order valence-electron chi connectivity index (χ2n) is 4.29. The van der Waals surface area contributed by atoms with Gasteiger partial charge < -0.3 is 9.72 Å². The summed E-state index contributed by atoms with van der Waals surface area (Å²) in [6, 6.07) is 0. The summed E-state index contributed by atoms with van der Waals surface area (Å²) in [5.74, 6) is -0.651. The zero-order valence-electron chi connectivity index (χ0n) is 11.5. The molecule has 0 saturated heterocycles. The molecule has 0 spiro atoms. The number of rotatable bonds is 6. The lowest BCUT2D eigenvalue weighted by Gasteiger charge is -2.08. The number of nitrogens with one attached hydrogen (secondary N) is 2. The third kappa shape index (κ3) is 3.49. The van der Waals surface area contributed by atoms with E-state index in [1.54, 1.807) is 18.5 Å². The molecule has 2 rings (SSSR count). The van der Waals surface area contributed by atoms with Crippen molar-refractivity contribution >= 4 is 27.3 Å². The number of thiophene rings is 1. The maximum absolute atomic E-state index is 12.3. The predicted molar refractivity (Wildman–Crippen MR) is 77.9 cm³/mol. The van der Waals surface area contributed by atoms with E-state index < -0.39 is 16.0 Å². The van der Waals surface area contributed by atoms with Crippen LogP contribution in [0.5, 0.6) is 0 Å². The molecule has 0 amide bonds. The van der Waals surface area contributed by atoms with Crippen LogP contribution in [0.1, 0.15) is 20.9 Å². The van der Waals surface area contributed by atoms with E-state index in [1.165, 1.54) is 13.4 Å². The van der Waals surface area contributed by atoms with Crippen LogP contribution in [0.2, 0.25) is 0 Å². The number of aromatic nitrogens is 2. The highest BCUT2D eigenvalue weighted by Gasteiger charge is 2.27. The van der Waals surface area contributed by atoms with E-state index in [-0.39, 0.29) is 16.3 Å². The summed E-state index contributed by atoms with van der Waals surface area (Å²) in [5, 5.41) is 1.62. The van der Waals surface area contributed by atoms with Crippen molar-refractivity contribution in [3.8, 4) is 0 Å². The van der Waals surface area contributed by atoms with Gasteiger partial charge in [0.25, 0.3) is 0 Å². The summed E-state index contributed by atoms with van der Waals surface area (Å²) < 4.78 is 31.8. The van der Waals surface area contributed by atoms with Gasteiger partial charge in [-0.2, -0.15) is 0 Å². The second-order valence-corrected chi connectivity index (χ2v) is 6.88. The van der Waals surface area contributed by atoms with Gasteiger partial charge >= 0.3 is 5.97 Å². The van der Waals surface area contributed by atoms with Gasteiger partial charge in [-0.05, 0) is 17.9 Å². The Morgan fingerprint density at radius 2 is 2.29 bits per heavy atom. The molecule has 0 saturated carbocycles. The Balaban J connectivity index is 2.15. The number of ether oxygens (including phenoxy) is 1. The fourth-order valence-corrected chi connectivity index (χ4v) is 4.55. The van der Waals surface area contributed by atoms with E-state index in [0.717, 1.165) is 17.0 Å². The second kappa shape index (κ2) is 6.37. The maximum atomic E-state index is 12.3. The SMILES string of the molecule is COC(=O)c1scc(C)c1S(=O)(=O)NCCc1cnc[nH]1. The van der Waals surface area contributed by atoms with E-state index in [1.807, 2.05) is 0 Å². The van der Waals surface area contributed by atoms with E-state index in [2.05, 4.69) is 19.4 Å². The molecule has 0 aliphatic rings. The number of aromatic amines is 1. The Morgan fingerprint density at radius 1 is 1.52 bits per heavy atom. The van der Waals surface area contributed by atoms with Crippen LogP contribution < -0.4 is 4.72 Å². The number of hydrogen-bond donors (Lipinski definition) is 2. The van der Waals surface area contributed by atoms with Crippen LogP contribution in [0, 0.1) is 6.92 Å². The van der Waals surface area contributed by atoms with Gasteiger partial charge in [-0.1, -0.05) is 0 Å². The Hall–Kier alpha value is -1.71. The zero-order chi connectivity index (χ0) is 15.5. The number of hydrogen-bond acceptors (Lipinski definition) is 6.